The van der Waals surface area contributed by atoms with Crippen molar-refractivity contribution in [1.29, 1.82) is 0 Å². The molecule has 4 rings (SSSR count). The van der Waals surface area contributed by atoms with E-state index < -0.39 is 0 Å². The van der Waals surface area contributed by atoms with E-state index in [1.165, 1.54) is 17.8 Å². The minimum absolute atomic E-state index is 0.0975. The minimum atomic E-state index is -0.386. The molecule has 4 aromatic rings. The Morgan fingerprint density at radius 2 is 2.08 bits per heavy atom. The monoisotopic (exact) mass is 369 g/mol. The van der Waals surface area contributed by atoms with Crippen molar-refractivity contribution >= 4 is 34.4 Å². The molecule has 0 saturated carbocycles. The van der Waals surface area contributed by atoms with Gasteiger partial charge in [-0.2, -0.15) is 9.61 Å². The minimum Gasteiger partial charge on any atom is -0.258 e. The maximum absolute atomic E-state index is 10.9. The number of nitro groups is 1. The summed E-state index contributed by atoms with van der Waals surface area (Å²) in [7, 11) is 0. The Morgan fingerprint density at radius 3 is 2.88 bits per heavy atom. The third kappa shape index (κ3) is 3.24. The molecular formula is C16H11N5O2S2. The van der Waals surface area contributed by atoms with E-state index in [4.69, 9.17) is 0 Å². The second-order valence-corrected chi connectivity index (χ2v) is 7.10. The molecule has 0 aliphatic heterocycles. The topological polar surface area (TPSA) is 86.2 Å². The van der Waals surface area contributed by atoms with Crippen LogP contribution in [0.5, 0.6) is 0 Å². The van der Waals surface area contributed by atoms with Gasteiger partial charge in [0.1, 0.15) is 5.03 Å². The summed E-state index contributed by atoms with van der Waals surface area (Å²) in [5, 5.41) is 26.6. The molecule has 0 spiro atoms. The van der Waals surface area contributed by atoms with Gasteiger partial charge in [-0.25, -0.2) is 0 Å². The SMILES string of the molecule is O=[N+]([O-])c1cccc(CSc2ccc3nnc(-c4cccs4)n3n2)c1. The zero-order valence-corrected chi connectivity index (χ0v) is 14.4. The van der Waals surface area contributed by atoms with Crippen LogP contribution in [0.15, 0.2) is 58.9 Å². The standard InChI is InChI=1S/C16H11N5O2S2/c22-21(23)12-4-1-3-11(9-12)10-25-15-7-6-14-17-18-16(20(14)19-15)13-5-2-8-24-13/h1-9H,10H2. The van der Waals surface area contributed by atoms with Crippen LogP contribution in [0.1, 0.15) is 5.56 Å². The van der Waals surface area contributed by atoms with Crippen molar-refractivity contribution in [2.24, 2.45) is 0 Å². The van der Waals surface area contributed by atoms with Crippen molar-refractivity contribution < 1.29 is 4.92 Å². The first-order chi connectivity index (χ1) is 12.2. The first-order valence-electron chi connectivity index (χ1n) is 7.33. The Morgan fingerprint density at radius 1 is 1.16 bits per heavy atom. The highest BCUT2D eigenvalue weighted by molar-refractivity contribution is 7.98. The smallest absolute Gasteiger partial charge is 0.258 e. The van der Waals surface area contributed by atoms with E-state index in [1.54, 1.807) is 28.0 Å². The lowest BCUT2D eigenvalue weighted by Gasteiger charge is -2.03. The molecule has 0 unspecified atom stereocenters. The summed E-state index contributed by atoms with van der Waals surface area (Å²) >= 11 is 3.09. The van der Waals surface area contributed by atoms with Gasteiger partial charge in [0.05, 0.1) is 9.80 Å². The fourth-order valence-electron chi connectivity index (χ4n) is 2.33. The van der Waals surface area contributed by atoms with E-state index in [0.29, 0.717) is 17.2 Å². The number of thiophene rings is 1. The van der Waals surface area contributed by atoms with Crippen molar-refractivity contribution in [3.8, 4) is 10.7 Å². The maximum Gasteiger partial charge on any atom is 0.269 e. The van der Waals surface area contributed by atoms with E-state index in [0.717, 1.165) is 15.5 Å². The molecule has 25 heavy (non-hydrogen) atoms. The van der Waals surface area contributed by atoms with Gasteiger partial charge < -0.3 is 0 Å². The third-order valence-corrected chi connectivity index (χ3v) is 5.34. The number of nitro benzene ring substituents is 1. The molecule has 1 aromatic carbocycles. The first kappa shape index (κ1) is 15.7. The number of thioether (sulfide) groups is 1. The highest BCUT2D eigenvalue weighted by Crippen LogP contribution is 2.26. The number of fused-ring (bicyclic) bond motifs is 1. The van der Waals surface area contributed by atoms with E-state index in [9.17, 15) is 10.1 Å². The molecule has 0 N–H and O–H groups in total. The molecule has 9 heteroatoms. The Balaban J connectivity index is 1.59. The highest BCUT2D eigenvalue weighted by atomic mass is 32.2. The largest absolute Gasteiger partial charge is 0.269 e. The average Bonchev–Trinajstić information content (AvgIpc) is 3.29. The van der Waals surface area contributed by atoms with Crippen LogP contribution in [-0.2, 0) is 5.75 Å². The summed E-state index contributed by atoms with van der Waals surface area (Å²) in [5.74, 6) is 1.30. The second kappa shape index (κ2) is 6.61. The maximum atomic E-state index is 10.9. The van der Waals surface area contributed by atoms with Crippen molar-refractivity contribution in [2.45, 2.75) is 10.8 Å². The Kier molecular flexibility index (Phi) is 4.16. The van der Waals surface area contributed by atoms with Gasteiger partial charge in [0.2, 0.25) is 0 Å². The molecule has 3 aromatic heterocycles. The Hall–Kier alpha value is -2.78. The molecule has 0 aliphatic rings. The average molecular weight is 369 g/mol. The van der Waals surface area contributed by atoms with Crippen molar-refractivity contribution in [3.63, 3.8) is 0 Å². The summed E-state index contributed by atoms with van der Waals surface area (Å²) in [4.78, 5) is 11.5. The van der Waals surface area contributed by atoms with Gasteiger partial charge in [0, 0.05) is 17.9 Å². The highest BCUT2D eigenvalue weighted by Gasteiger charge is 2.11. The number of hydrogen-bond donors (Lipinski definition) is 0. The summed E-state index contributed by atoms with van der Waals surface area (Å²) in [6, 6.07) is 14.3. The fourth-order valence-corrected chi connectivity index (χ4v) is 3.82. The molecule has 0 aliphatic carbocycles. The zero-order valence-electron chi connectivity index (χ0n) is 12.8. The van der Waals surface area contributed by atoms with Crippen LogP contribution in [0.4, 0.5) is 5.69 Å². The quantitative estimate of drug-likeness (QED) is 0.300. The van der Waals surface area contributed by atoms with Crippen LogP contribution in [-0.4, -0.2) is 24.7 Å². The molecule has 7 nitrogen and oxygen atoms in total. The van der Waals surface area contributed by atoms with Gasteiger partial charge in [-0.05, 0) is 29.1 Å². The molecular weight excluding hydrogens is 358 g/mol. The van der Waals surface area contributed by atoms with Crippen molar-refractivity contribution in [3.05, 3.63) is 69.6 Å². The number of nitrogens with zero attached hydrogens (tertiary/aromatic N) is 5. The lowest BCUT2D eigenvalue weighted by atomic mass is 10.2. The van der Waals surface area contributed by atoms with Gasteiger partial charge in [-0.1, -0.05) is 30.0 Å². The molecule has 124 valence electrons. The first-order valence-corrected chi connectivity index (χ1v) is 9.20. The molecule has 0 amide bonds. The van der Waals surface area contributed by atoms with Crippen LogP contribution in [0.3, 0.4) is 0 Å². The van der Waals surface area contributed by atoms with E-state index in [1.807, 2.05) is 35.7 Å². The second-order valence-electron chi connectivity index (χ2n) is 5.16. The molecule has 0 radical (unpaired) electrons. The van der Waals surface area contributed by atoms with Crippen molar-refractivity contribution in [2.75, 3.05) is 0 Å². The number of hydrogen-bond acceptors (Lipinski definition) is 7. The predicted molar refractivity (Wildman–Crippen MR) is 96.8 cm³/mol. The number of aromatic nitrogens is 4. The lowest BCUT2D eigenvalue weighted by molar-refractivity contribution is -0.384. The Labute approximate surface area is 150 Å². The molecule has 0 saturated heterocycles. The van der Waals surface area contributed by atoms with Crippen LogP contribution in [0.25, 0.3) is 16.3 Å². The van der Waals surface area contributed by atoms with Crippen LogP contribution >= 0.6 is 23.1 Å². The number of benzene rings is 1. The van der Waals surface area contributed by atoms with Gasteiger partial charge >= 0.3 is 0 Å². The van der Waals surface area contributed by atoms with E-state index >= 15 is 0 Å². The summed E-state index contributed by atoms with van der Waals surface area (Å²) in [5.41, 5.74) is 1.66. The van der Waals surface area contributed by atoms with Gasteiger partial charge in [0.25, 0.3) is 5.69 Å². The number of non-ortho nitro benzene ring substituents is 1. The predicted octanol–water partition coefficient (Wildman–Crippen LogP) is 4.05. The molecule has 3 heterocycles. The Bertz CT molecular complexity index is 1050. The van der Waals surface area contributed by atoms with Gasteiger partial charge in [-0.15, -0.1) is 21.5 Å². The normalized spacial score (nSPS) is 11.0. The van der Waals surface area contributed by atoms with E-state index in [-0.39, 0.29) is 10.6 Å². The van der Waals surface area contributed by atoms with Crippen molar-refractivity contribution in [1.82, 2.24) is 19.8 Å². The van der Waals surface area contributed by atoms with Crippen LogP contribution in [0.2, 0.25) is 0 Å². The summed E-state index contributed by atoms with van der Waals surface area (Å²) < 4.78 is 1.72. The summed E-state index contributed by atoms with van der Waals surface area (Å²) in [6.45, 7) is 0. The lowest BCUT2D eigenvalue weighted by Crippen LogP contribution is -1.96. The fraction of sp³-hybridized carbons (Fsp3) is 0.0625. The van der Waals surface area contributed by atoms with Gasteiger partial charge in [0.15, 0.2) is 11.5 Å². The van der Waals surface area contributed by atoms with Crippen LogP contribution < -0.4 is 0 Å². The third-order valence-electron chi connectivity index (χ3n) is 3.49. The summed E-state index contributed by atoms with van der Waals surface area (Å²) in [6.07, 6.45) is 0. The van der Waals surface area contributed by atoms with Gasteiger partial charge in [-0.3, -0.25) is 10.1 Å². The van der Waals surface area contributed by atoms with Crippen LogP contribution in [0, 0.1) is 10.1 Å². The molecule has 0 fully saturated rings. The zero-order chi connectivity index (χ0) is 17.2. The molecule has 0 atom stereocenters. The van der Waals surface area contributed by atoms with E-state index in [2.05, 4.69) is 15.3 Å². The number of rotatable bonds is 5. The molecule has 0 bridgehead atoms.